The summed E-state index contributed by atoms with van der Waals surface area (Å²) < 4.78 is 5.39. The lowest BCUT2D eigenvalue weighted by Gasteiger charge is -2.29. The van der Waals surface area contributed by atoms with Crippen LogP contribution < -0.4 is 10.6 Å². The Kier molecular flexibility index (Phi) is 6.31. The number of anilines is 1. The van der Waals surface area contributed by atoms with Gasteiger partial charge in [-0.25, -0.2) is 14.8 Å². The number of halogens is 1. The number of carbonyl (C=O) groups is 1. The lowest BCUT2D eigenvalue weighted by molar-refractivity contribution is 0.0903. The molecule has 0 unspecified atom stereocenters. The summed E-state index contributed by atoms with van der Waals surface area (Å²) >= 11 is 6.06. The number of hydrogen-bond acceptors (Lipinski definition) is 6. The first-order valence-corrected chi connectivity index (χ1v) is 10.4. The van der Waals surface area contributed by atoms with Gasteiger partial charge in [-0.2, -0.15) is 5.26 Å². The molecule has 2 aliphatic rings. The molecule has 0 spiro atoms. The molecule has 0 atom stereocenters. The number of nitriles is 1. The van der Waals surface area contributed by atoms with Gasteiger partial charge in [-0.3, -0.25) is 0 Å². The van der Waals surface area contributed by atoms with Gasteiger partial charge >= 0.3 is 6.03 Å². The molecule has 9 heteroatoms. The lowest BCUT2D eigenvalue weighted by atomic mass is 10.1. The average Bonchev–Trinajstić information content (AvgIpc) is 2.77. The van der Waals surface area contributed by atoms with Crippen LogP contribution in [0.2, 0.25) is 5.02 Å². The highest BCUT2D eigenvalue weighted by Gasteiger charge is 2.23. The third-order valence-corrected chi connectivity index (χ3v) is 5.70. The second-order valence-electron chi connectivity index (χ2n) is 7.45. The van der Waals surface area contributed by atoms with Crippen molar-refractivity contribution in [1.82, 2.24) is 20.2 Å². The van der Waals surface area contributed by atoms with Gasteiger partial charge in [0.15, 0.2) is 0 Å². The third-order valence-electron chi connectivity index (χ3n) is 5.39. The van der Waals surface area contributed by atoms with Crippen molar-refractivity contribution in [2.24, 2.45) is 0 Å². The number of amides is 2. The summed E-state index contributed by atoms with van der Waals surface area (Å²) in [6.45, 7) is 2.90. The van der Waals surface area contributed by atoms with Crippen molar-refractivity contribution < 1.29 is 9.53 Å². The Labute approximate surface area is 180 Å². The molecule has 0 saturated carbocycles. The highest BCUT2D eigenvalue weighted by molar-refractivity contribution is 6.31. The quantitative estimate of drug-likeness (QED) is 0.779. The van der Waals surface area contributed by atoms with Crippen molar-refractivity contribution in [2.75, 3.05) is 25.1 Å². The van der Waals surface area contributed by atoms with Crippen LogP contribution in [0.5, 0.6) is 0 Å². The first-order chi connectivity index (χ1) is 14.6. The van der Waals surface area contributed by atoms with Gasteiger partial charge in [-0.1, -0.05) is 17.7 Å². The largest absolute Gasteiger partial charge is 0.381 e. The number of urea groups is 1. The van der Waals surface area contributed by atoms with E-state index in [0.717, 1.165) is 49.3 Å². The molecule has 30 heavy (non-hydrogen) atoms. The Hall–Kier alpha value is -2.89. The van der Waals surface area contributed by atoms with E-state index in [0.29, 0.717) is 42.2 Å². The smallest absolute Gasteiger partial charge is 0.318 e. The summed E-state index contributed by atoms with van der Waals surface area (Å²) in [5, 5.41) is 15.6. The molecular weight excluding hydrogens is 404 g/mol. The molecule has 1 aromatic carbocycles. The molecule has 156 valence electrons. The standard InChI is InChI=1S/C21H23ClN6O2/c22-18-9-14(1-2-15(18)10-23)11-25-21(29)28-6-3-16-12-24-20(27-19(16)13-28)26-17-4-7-30-8-5-17/h1-2,9,12,17H,3-8,11,13H2,(H,25,29)(H,24,26,27). The van der Waals surface area contributed by atoms with Crippen molar-refractivity contribution in [1.29, 1.82) is 5.26 Å². The highest BCUT2D eigenvalue weighted by Crippen LogP contribution is 2.20. The van der Waals surface area contributed by atoms with E-state index in [1.807, 2.05) is 12.3 Å². The van der Waals surface area contributed by atoms with Crippen molar-refractivity contribution >= 4 is 23.6 Å². The van der Waals surface area contributed by atoms with Crippen LogP contribution in [-0.2, 0) is 24.2 Å². The van der Waals surface area contributed by atoms with E-state index in [4.69, 9.17) is 21.6 Å². The maximum absolute atomic E-state index is 12.6. The van der Waals surface area contributed by atoms with Crippen molar-refractivity contribution in [2.45, 2.75) is 38.4 Å². The van der Waals surface area contributed by atoms with Crippen LogP contribution in [0.3, 0.4) is 0 Å². The van der Waals surface area contributed by atoms with Crippen molar-refractivity contribution in [3.63, 3.8) is 0 Å². The number of nitrogens with one attached hydrogen (secondary N) is 2. The minimum absolute atomic E-state index is 0.154. The molecule has 0 bridgehead atoms. The molecule has 0 aliphatic carbocycles. The van der Waals surface area contributed by atoms with Gasteiger partial charge in [-0.05, 0) is 42.5 Å². The number of carbonyl (C=O) groups excluding carboxylic acids is 1. The van der Waals surface area contributed by atoms with Crippen LogP contribution in [-0.4, -0.2) is 46.7 Å². The first-order valence-electron chi connectivity index (χ1n) is 10.0. The summed E-state index contributed by atoms with van der Waals surface area (Å²) in [7, 11) is 0. The van der Waals surface area contributed by atoms with E-state index in [1.165, 1.54) is 0 Å². The second-order valence-corrected chi connectivity index (χ2v) is 7.86. The zero-order valence-electron chi connectivity index (χ0n) is 16.5. The van der Waals surface area contributed by atoms with Crippen LogP contribution in [0.1, 0.15) is 35.2 Å². The summed E-state index contributed by atoms with van der Waals surface area (Å²) in [4.78, 5) is 23.5. The van der Waals surface area contributed by atoms with Crippen molar-refractivity contribution in [3.05, 3.63) is 51.8 Å². The fraction of sp³-hybridized carbons (Fsp3) is 0.429. The second kappa shape index (κ2) is 9.28. The zero-order valence-corrected chi connectivity index (χ0v) is 17.3. The summed E-state index contributed by atoms with van der Waals surface area (Å²) in [6, 6.07) is 7.34. The van der Waals surface area contributed by atoms with E-state index in [9.17, 15) is 4.79 Å². The molecule has 8 nitrogen and oxygen atoms in total. The third kappa shape index (κ3) is 4.81. The van der Waals surface area contributed by atoms with Crippen LogP contribution in [0, 0.1) is 11.3 Å². The van der Waals surface area contributed by atoms with E-state index in [2.05, 4.69) is 20.6 Å². The highest BCUT2D eigenvalue weighted by atomic mass is 35.5. The topological polar surface area (TPSA) is 103 Å². The molecule has 1 saturated heterocycles. The molecular formula is C21H23ClN6O2. The molecule has 3 heterocycles. The van der Waals surface area contributed by atoms with Crippen LogP contribution in [0.25, 0.3) is 0 Å². The predicted molar refractivity (Wildman–Crippen MR) is 112 cm³/mol. The number of benzene rings is 1. The van der Waals surface area contributed by atoms with Gasteiger partial charge < -0.3 is 20.3 Å². The predicted octanol–water partition coefficient (Wildman–Crippen LogP) is 2.86. The van der Waals surface area contributed by atoms with E-state index >= 15 is 0 Å². The fourth-order valence-corrected chi connectivity index (χ4v) is 3.86. The van der Waals surface area contributed by atoms with Gasteiger partial charge in [0.25, 0.3) is 0 Å². The number of rotatable bonds is 4. The van der Waals surface area contributed by atoms with Crippen LogP contribution in [0.4, 0.5) is 10.7 Å². The minimum Gasteiger partial charge on any atom is -0.381 e. The SMILES string of the molecule is N#Cc1ccc(CNC(=O)N2CCc3cnc(NC4CCOCC4)nc3C2)cc1Cl. The number of aromatic nitrogens is 2. The summed E-state index contributed by atoms with van der Waals surface area (Å²) in [6.07, 6.45) is 4.46. The number of ether oxygens (including phenoxy) is 1. The monoisotopic (exact) mass is 426 g/mol. The summed E-state index contributed by atoms with van der Waals surface area (Å²) in [5.41, 5.74) is 3.22. The Morgan fingerprint density at radius 3 is 2.97 bits per heavy atom. The van der Waals surface area contributed by atoms with E-state index in [1.54, 1.807) is 23.1 Å². The average molecular weight is 427 g/mol. The lowest BCUT2D eigenvalue weighted by Crippen LogP contribution is -2.43. The number of fused-ring (bicyclic) bond motifs is 1. The zero-order chi connectivity index (χ0) is 20.9. The molecule has 2 aliphatic heterocycles. The van der Waals surface area contributed by atoms with E-state index < -0.39 is 0 Å². The molecule has 2 aromatic rings. The number of nitrogens with zero attached hydrogens (tertiary/aromatic N) is 4. The summed E-state index contributed by atoms with van der Waals surface area (Å²) in [5.74, 6) is 0.607. The Morgan fingerprint density at radius 2 is 2.20 bits per heavy atom. The number of hydrogen-bond donors (Lipinski definition) is 2. The maximum atomic E-state index is 12.6. The Balaban J connectivity index is 1.35. The van der Waals surface area contributed by atoms with Gasteiger partial charge in [-0.15, -0.1) is 0 Å². The normalized spacial score (nSPS) is 16.5. The Bertz CT molecular complexity index is 970. The van der Waals surface area contributed by atoms with Gasteiger partial charge in [0, 0.05) is 38.5 Å². The van der Waals surface area contributed by atoms with Gasteiger partial charge in [0.2, 0.25) is 5.95 Å². The van der Waals surface area contributed by atoms with Gasteiger partial charge in [0.1, 0.15) is 6.07 Å². The van der Waals surface area contributed by atoms with Crippen LogP contribution in [0.15, 0.2) is 24.4 Å². The van der Waals surface area contributed by atoms with Crippen molar-refractivity contribution in [3.8, 4) is 6.07 Å². The first kappa shape index (κ1) is 20.4. The van der Waals surface area contributed by atoms with E-state index in [-0.39, 0.29) is 6.03 Å². The maximum Gasteiger partial charge on any atom is 0.318 e. The molecule has 0 radical (unpaired) electrons. The molecule has 2 amide bonds. The molecule has 1 aromatic heterocycles. The molecule has 4 rings (SSSR count). The minimum atomic E-state index is -0.154. The molecule has 2 N–H and O–H groups in total. The Morgan fingerprint density at radius 1 is 1.37 bits per heavy atom. The fourth-order valence-electron chi connectivity index (χ4n) is 3.62. The van der Waals surface area contributed by atoms with Gasteiger partial charge in [0.05, 0.1) is 22.8 Å². The molecule has 1 fully saturated rings. The van der Waals surface area contributed by atoms with Crippen LogP contribution >= 0.6 is 11.6 Å².